The number of thiazole rings is 1. The van der Waals surface area contributed by atoms with Crippen LogP contribution in [-0.4, -0.2) is 27.3 Å². The highest BCUT2D eigenvalue weighted by atomic mass is 32.1. The Hall–Kier alpha value is -1.73. The van der Waals surface area contributed by atoms with Gasteiger partial charge in [-0.2, -0.15) is 5.10 Å². The summed E-state index contributed by atoms with van der Waals surface area (Å²) in [6.45, 7) is 8.28. The quantitative estimate of drug-likeness (QED) is 0.884. The van der Waals surface area contributed by atoms with Gasteiger partial charge < -0.3 is 10.1 Å². The van der Waals surface area contributed by atoms with Gasteiger partial charge in [-0.15, -0.1) is 11.3 Å². The summed E-state index contributed by atoms with van der Waals surface area (Å²) in [6, 6.07) is 1.86. The van der Waals surface area contributed by atoms with Gasteiger partial charge >= 0.3 is 0 Å². The largest absolute Gasteiger partial charge is 0.365 e. The second-order valence-corrected chi connectivity index (χ2v) is 6.98. The zero-order valence-corrected chi connectivity index (χ0v) is 14.5. The molecule has 7 heteroatoms. The molecule has 0 aliphatic carbocycles. The fourth-order valence-corrected chi connectivity index (χ4v) is 2.94. The molecule has 120 valence electrons. The molecular weight excluding hydrogens is 300 g/mol. The lowest BCUT2D eigenvalue weighted by Gasteiger charge is -2.23. The molecule has 0 aliphatic heterocycles. The first-order valence-electron chi connectivity index (χ1n) is 7.10. The predicted octanol–water partition coefficient (Wildman–Crippen LogP) is 2.06. The average molecular weight is 322 g/mol. The maximum atomic E-state index is 12.1. The van der Waals surface area contributed by atoms with Crippen molar-refractivity contribution in [3.05, 3.63) is 33.5 Å². The van der Waals surface area contributed by atoms with E-state index < -0.39 is 5.54 Å². The first-order chi connectivity index (χ1) is 10.3. The molecule has 2 aromatic heterocycles. The van der Waals surface area contributed by atoms with Crippen molar-refractivity contribution in [1.29, 1.82) is 0 Å². The minimum atomic E-state index is -0.503. The Morgan fingerprint density at radius 3 is 2.73 bits per heavy atom. The number of carbonyl (C=O) groups is 1. The predicted molar refractivity (Wildman–Crippen MR) is 85.6 cm³/mol. The summed E-state index contributed by atoms with van der Waals surface area (Å²) in [5, 5.41) is 7.93. The summed E-state index contributed by atoms with van der Waals surface area (Å²) in [7, 11) is 1.84. The molecule has 1 N–H and O–H groups in total. The average Bonchev–Trinajstić information content (AvgIpc) is 2.97. The standard InChI is InChI=1S/C15H22N4O2S/c1-10-11(2)22-14(17-10)15(3,4)18-13(20)9-21-8-12-6-7-16-19(12)5/h6-7H,8-9H2,1-5H3,(H,18,20). The van der Waals surface area contributed by atoms with Crippen molar-refractivity contribution in [2.45, 2.75) is 39.8 Å². The molecule has 1 amide bonds. The molecule has 0 bridgehead atoms. The fraction of sp³-hybridized carbons (Fsp3) is 0.533. The first kappa shape index (κ1) is 16.6. The topological polar surface area (TPSA) is 69.0 Å². The van der Waals surface area contributed by atoms with Crippen LogP contribution in [0.25, 0.3) is 0 Å². The number of aryl methyl sites for hydroxylation is 3. The van der Waals surface area contributed by atoms with E-state index >= 15 is 0 Å². The van der Waals surface area contributed by atoms with Crippen molar-refractivity contribution in [3.8, 4) is 0 Å². The Morgan fingerprint density at radius 1 is 1.45 bits per heavy atom. The molecule has 0 saturated heterocycles. The van der Waals surface area contributed by atoms with Crippen molar-refractivity contribution in [2.24, 2.45) is 7.05 Å². The number of carbonyl (C=O) groups excluding carboxylic acids is 1. The molecule has 0 atom stereocenters. The third kappa shape index (κ3) is 3.92. The lowest BCUT2D eigenvalue weighted by molar-refractivity contribution is -0.127. The van der Waals surface area contributed by atoms with Crippen molar-refractivity contribution in [3.63, 3.8) is 0 Å². The van der Waals surface area contributed by atoms with Crippen LogP contribution in [0.15, 0.2) is 12.3 Å². The highest BCUT2D eigenvalue weighted by molar-refractivity contribution is 7.11. The summed E-state index contributed by atoms with van der Waals surface area (Å²) in [6.07, 6.45) is 1.70. The Balaban J connectivity index is 1.86. The van der Waals surface area contributed by atoms with Crippen LogP contribution in [0, 0.1) is 13.8 Å². The molecule has 0 unspecified atom stereocenters. The van der Waals surface area contributed by atoms with Gasteiger partial charge in [0.15, 0.2) is 0 Å². The van der Waals surface area contributed by atoms with E-state index in [0.29, 0.717) is 6.61 Å². The van der Waals surface area contributed by atoms with Crippen molar-refractivity contribution in [1.82, 2.24) is 20.1 Å². The summed E-state index contributed by atoms with van der Waals surface area (Å²) >= 11 is 1.61. The summed E-state index contributed by atoms with van der Waals surface area (Å²) in [5.74, 6) is -0.155. The highest BCUT2D eigenvalue weighted by Gasteiger charge is 2.26. The Labute approximate surface area is 134 Å². The number of rotatable bonds is 6. The van der Waals surface area contributed by atoms with Crippen molar-refractivity contribution < 1.29 is 9.53 Å². The van der Waals surface area contributed by atoms with Gasteiger partial charge in [-0.25, -0.2) is 4.98 Å². The maximum Gasteiger partial charge on any atom is 0.246 e. The third-order valence-electron chi connectivity index (χ3n) is 3.42. The number of ether oxygens (including phenoxy) is 1. The smallest absolute Gasteiger partial charge is 0.246 e. The molecule has 2 rings (SSSR count). The number of hydrogen-bond acceptors (Lipinski definition) is 5. The second-order valence-electron chi connectivity index (χ2n) is 5.77. The van der Waals surface area contributed by atoms with Crippen LogP contribution >= 0.6 is 11.3 Å². The van der Waals surface area contributed by atoms with Gasteiger partial charge in [-0.05, 0) is 33.8 Å². The van der Waals surface area contributed by atoms with E-state index in [1.165, 1.54) is 4.88 Å². The van der Waals surface area contributed by atoms with E-state index in [1.54, 1.807) is 22.2 Å². The maximum absolute atomic E-state index is 12.1. The fourth-order valence-electron chi connectivity index (χ4n) is 1.97. The zero-order valence-electron chi connectivity index (χ0n) is 13.6. The van der Waals surface area contributed by atoms with Gasteiger partial charge in [0.2, 0.25) is 5.91 Å². The van der Waals surface area contributed by atoms with Crippen LogP contribution in [0.2, 0.25) is 0 Å². The first-order valence-corrected chi connectivity index (χ1v) is 7.91. The molecule has 22 heavy (non-hydrogen) atoms. The molecule has 0 aromatic carbocycles. The van der Waals surface area contributed by atoms with Gasteiger partial charge in [0.1, 0.15) is 11.6 Å². The van der Waals surface area contributed by atoms with Gasteiger partial charge in [0.25, 0.3) is 0 Å². The summed E-state index contributed by atoms with van der Waals surface area (Å²) in [4.78, 5) is 17.7. The number of hydrogen-bond donors (Lipinski definition) is 1. The van der Waals surface area contributed by atoms with Crippen LogP contribution in [0.5, 0.6) is 0 Å². The van der Waals surface area contributed by atoms with E-state index in [4.69, 9.17) is 4.74 Å². The van der Waals surface area contributed by atoms with Gasteiger partial charge in [-0.3, -0.25) is 9.48 Å². The normalized spacial score (nSPS) is 11.7. The summed E-state index contributed by atoms with van der Waals surface area (Å²) < 4.78 is 7.17. The minimum Gasteiger partial charge on any atom is -0.365 e. The van der Waals surface area contributed by atoms with Gasteiger partial charge in [-0.1, -0.05) is 0 Å². The zero-order chi connectivity index (χ0) is 16.3. The Morgan fingerprint density at radius 2 is 2.18 bits per heavy atom. The van der Waals surface area contributed by atoms with E-state index in [1.807, 2.05) is 40.8 Å². The lowest BCUT2D eigenvalue weighted by Crippen LogP contribution is -2.42. The molecule has 2 heterocycles. The Bertz CT molecular complexity index is 641. The molecule has 0 saturated carbocycles. The molecule has 6 nitrogen and oxygen atoms in total. The molecule has 0 spiro atoms. The lowest BCUT2D eigenvalue weighted by atomic mass is 10.1. The van der Waals surface area contributed by atoms with Crippen LogP contribution in [-0.2, 0) is 28.7 Å². The van der Waals surface area contributed by atoms with E-state index in [0.717, 1.165) is 16.4 Å². The van der Waals surface area contributed by atoms with Crippen LogP contribution in [0.3, 0.4) is 0 Å². The number of nitrogens with zero attached hydrogens (tertiary/aromatic N) is 3. The monoisotopic (exact) mass is 322 g/mol. The van der Waals surface area contributed by atoms with Gasteiger partial charge in [0, 0.05) is 18.1 Å². The molecule has 0 fully saturated rings. The van der Waals surface area contributed by atoms with Crippen molar-refractivity contribution >= 4 is 17.2 Å². The second kappa shape index (κ2) is 6.58. The van der Waals surface area contributed by atoms with E-state index in [9.17, 15) is 4.79 Å². The van der Waals surface area contributed by atoms with Gasteiger partial charge in [0.05, 0.1) is 23.5 Å². The minimum absolute atomic E-state index is 0.0119. The van der Waals surface area contributed by atoms with Crippen LogP contribution in [0.1, 0.15) is 35.1 Å². The van der Waals surface area contributed by atoms with E-state index in [2.05, 4.69) is 15.4 Å². The third-order valence-corrected chi connectivity index (χ3v) is 4.82. The molecule has 2 aromatic rings. The van der Waals surface area contributed by atoms with Crippen LogP contribution in [0.4, 0.5) is 0 Å². The number of aromatic nitrogens is 3. The number of nitrogens with one attached hydrogen (secondary N) is 1. The molecule has 0 radical (unpaired) electrons. The summed E-state index contributed by atoms with van der Waals surface area (Å²) in [5.41, 5.74) is 1.43. The van der Waals surface area contributed by atoms with Crippen LogP contribution < -0.4 is 5.32 Å². The van der Waals surface area contributed by atoms with E-state index in [-0.39, 0.29) is 12.5 Å². The molecular formula is C15H22N4O2S. The highest BCUT2D eigenvalue weighted by Crippen LogP contribution is 2.27. The SMILES string of the molecule is Cc1nc(C(C)(C)NC(=O)COCc2ccnn2C)sc1C. The number of amides is 1. The van der Waals surface area contributed by atoms with Crippen molar-refractivity contribution in [2.75, 3.05) is 6.61 Å². The molecule has 0 aliphatic rings. The Kier molecular flexibility index (Phi) is 4.97.